The first-order chi connectivity index (χ1) is 10.0. The fourth-order valence-corrected chi connectivity index (χ4v) is 2.38. The van der Waals surface area contributed by atoms with E-state index >= 15 is 0 Å². The van der Waals surface area contributed by atoms with Crippen LogP contribution in [0.15, 0.2) is 41.6 Å². The van der Waals surface area contributed by atoms with Gasteiger partial charge in [-0.05, 0) is 18.2 Å². The zero-order valence-electron chi connectivity index (χ0n) is 10.7. The zero-order chi connectivity index (χ0) is 15.4. The molecule has 0 atom stereocenters. The number of benzene rings is 2. The lowest BCUT2D eigenvalue weighted by Gasteiger charge is -2.13. The third kappa shape index (κ3) is 3.53. The molecule has 2 aromatic rings. The number of hydrogen-bond acceptors (Lipinski definition) is 3. The van der Waals surface area contributed by atoms with Crippen molar-refractivity contribution >= 4 is 40.6 Å². The number of nitrogens with two attached hydrogens (primary N) is 1. The highest BCUT2D eigenvalue weighted by atomic mass is 35.5. The maximum atomic E-state index is 8.81. The summed E-state index contributed by atoms with van der Waals surface area (Å²) in [7, 11) is 0. The first-order valence-electron chi connectivity index (χ1n) is 5.86. The number of amidine groups is 1. The second kappa shape index (κ2) is 6.89. The Balaban J connectivity index is 2.29. The fourth-order valence-electron chi connectivity index (χ4n) is 1.74. The molecule has 0 aliphatic rings. The van der Waals surface area contributed by atoms with E-state index < -0.39 is 0 Å². The standard InChI is InChI=1S/C14H11Cl3N2O2/c15-9-4-2-6-11(12(9)14(18)19-20)21-7-8-3-1-5-10(16)13(8)17/h1-6,20H,7H2,(H2,18,19). The van der Waals surface area contributed by atoms with Crippen LogP contribution in [-0.4, -0.2) is 11.0 Å². The van der Waals surface area contributed by atoms with Crippen LogP contribution in [0.5, 0.6) is 5.75 Å². The van der Waals surface area contributed by atoms with Crippen LogP contribution in [0.4, 0.5) is 0 Å². The summed E-state index contributed by atoms with van der Waals surface area (Å²) in [4.78, 5) is 0. The summed E-state index contributed by atoms with van der Waals surface area (Å²) < 4.78 is 5.66. The van der Waals surface area contributed by atoms with Gasteiger partial charge in [0, 0.05) is 5.56 Å². The number of nitrogens with zero attached hydrogens (tertiary/aromatic N) is 1. The van der Waals surface area contributed by atoms with E-state index in [9.17, 15) is 0 Å². The highest BCUT2D eigenvalue weighted by Crippen LogP contribution is 2.29. The summed E-state index contributed by atoms with van der Waals surface area (Å²) in [5.74, 6) is 0.252. The molecule has 0 aromatic heterocycles. The van der Waals surface area contributed by atoms with E-state index in [2.05, 4.69) is 5.16 Å². The summed E-state index contributed by atoms with van der Waals surface area (Å²) >= 11 is 18.1. The SMILES string of the molecule is N/C(=N/O)c1c(Cl)cccc1OCc1cccc(Cl)c1Cl. The van der Waals surface area contributed by atoms with Crippen molar-refractivity contribution in [1.82, 2.24) is 0 Å². The van der Waals surface area contributed by atoms with E-state index in [1.807, 2.05) is 0 Å². The van der Waals surface area contributed by atoms with Crippen LogP contribution < -0.4 is 10.5 Å². The van der Waals surface area contributed by atoms with Crippen molar-refractivity contribution < 1.29 is 9.94 Å². The van der Waals surface area contributed by atoms with E-state index in [1.54, 1.807) is 36.4 Å². The largest absolute Gasteiger partial charge is 0.488 e. The van der Waals surface area contributed by atoms with Crippen molar-refractivity contribution in [3.8, 4) is 5.75 Å². The van der Waals surface area contributed by atoms with Gasteiger partial charge in [0.15, 0.2) is 5.84 Å². The molecule has 0 amide bonds. The van der Waals surface area contributed by atoms with Crippen molar-refractivity contribution in [2.45, 2.75) is 6.61 Å². The topological polar surface area (TPSA) is 67.8 Å². The summed E-state index contributed by atoms with van der Waals surface area (Å²) in [6.45, 7) is 0.172. The molecule has 21 heavy (non-hydrogen) atoms. The molecule has 0 saturated heterocycles. The van der Waals surface area contributed by atoms with Gasteiger partial charge in [0.1, 0.15) is 12.4 Å². The van der Waals surface area contributed by atoms with Crippen molar-refractivity contribution in [2.75, 3.05) is 0 Å². The van der Waals surface area contributed by atoms with E-state index in [0.29, 0.717) is 26.4 Å². The molecule has 0 spiro atoms. The first-order valence-corrected chi connectivity index (χ1v) is 7.00. The number of halogens is 3. The molecule has 4 nitrogen and oxygen atoms in total. The van der Waals surface area contributed by atoms with Gasteiger partial charge in [0.2, 0.25) is 0 Å². The van der Waals surface area contributed by atoms with Gasteiger partial charge in [-0.1, -0.05) is 58.2 Å². The summed E-state index contributed by atoms with van der Waals surface area (Å²) in [6, 6.07) is 10.2. The normalized spacial score (nSPS) is 11.5. The highest BCUT2D eigenvalue weighted by Gasteiger charge is 2.14. The van der Waals surface area contributed by atoms with E-state index in [4.69, 9.17) is 50.5 Å². The minimum Gasteiger partial charge on any atom is -0.488 e. The zero-order valence-corrected chi connectivity index (χ0v) is 13.0. The van der Waals surface area contributed by atoms with Gasteiger partial charge in [-0.2, -0.15) is 0 Å². The molecule has 0 aliphatic heterocycles. The average molecular weight is 346 g/mol. The maximum Gasteiger partial charge on any atom is 0.175 e. The minimum absolute atomic E-state index is 0.132. The molecule has 2 aromatic carbocycles. The Bertz CT molecular complexity index is 690. The van der Waals surface area contributed by atoms with Gasteiger partial charge in [-0.25, -0.2) is 0 Å². The Kier molecular flexibility index (Phi) is 5.17. The lowest BCUT2D eigenvalue weighted by Crippen LogP contribution is -2.15. The van der Waals surface area contributed by atoms with Crippen LogP contribution in [-0.2, 0) is 6.61 Å². The summed E-state index contributed by atoms with van der Waals surface area (Å²) in [5, 5.41) is 12.9. The molecule has 2 rings (SSSR count). The van der Waals surface area contributed by atoms with Crippen molar-refractivity contribution in [2.24, 2.45) is 10.9 Å². The molecule has 0 aliphatic carbocycles. The van der Waals surface area contributed by atoms with Gasteiger partial charge in [0.25, 0.3) is 0 Å². The van der Waals surface area contributed by atoms with Crippen molar-refractivity contribution in [1.29, 1.82) is 0 Å². The van der Waals surface area contributed by atoms with Crippen LogP contribution in [0.25, 0.3) is 0 Å². The smallest absolute Gasteiger partial charge is 0.175 e. The Morgan fingerprint density at radius 1 is 1.10 bits per heavy atom. The number of ether oxygens (including phenoxy) is 1. The minimum atomic E-state index is -0.132. The van der Waals surface area contributed by atoms with Gasteiger partial charge < -0.3 is 15.7 Å². The predicted molar refractivity (Wildman–Crippen MR) is 84.8 cm³/mol. The quantitative estimate of drug-likeness (QED) is 0.375. The molecule has 0 fully saturated rings. The molecule has 0 unspecified atom stereocenters. The lowest BCUT2D eigenvalue weighted by atomic mass is 10.2. The molecule has 7 heteroatoms. The van der Waals surface area contributed by atoms with Crippen molar-refractivity contribution in [3.05, 3.63) is 62.6 Å². The van der Waals surface area contributed by atoms with E-state index in [-0.39, 0.29) is 12.4 Å². The van der Waals surface area contributed by atoms with Gasteiger partial charge in [0.05, 0.1) is 20.6 Å². The Morgan fingerprint density at radius 2 is 1.76 bits per heavy atom. The Hall–Kier alpha value is -1.62. The third-order valence-corrected chi connectivity index (χ3v) is 3.93. The lowest BCUT2D eigenvalue weighted by molar-refractivity contribution is 0.303. The maximum absolute atomic E-state index is 8.81. The van der Waals surface area contributed by atoms with Crippen LogP contribution in [0.3, 0.4) is 0 Å². The van der Waals surface area contributed by atoms with Gasteiger partial charge in [-0.3, -0.25) is 0 Å². The molecular weight excluding hydrogens is 335 g/mol. The van der Waals surface area contributed by atoms with Crippen LogP contribution in [0, 0.1) is 0 Å². The highest BCUT2D eigenvalue weighted by molar-refractivity contribution is 6.42. The summed E-state index contributed by atoms with van der Waals surface area (Å²) in [6.07, 6.45) is 0. The number of oxime groups is 1. The van der Waals surface area contributed by atoms with E-state index in [1.165, 1.54) is 0 Å². The molecule has 110 valence electrons. The number of hydrogen-bond donors (Lipinski definition) is 2. The second-order valence-electron chi connectivity index (χ2n) is 4.10. The fraction of sp³-hybridized carbons (Fsp3) is 0.0714. The summed E-state index contributed by atoms with van der Waals surface area (Å²) in [5.41, 5.74) is 6.64. The molecular formula is C14H11Cl3N2O2. The van der Waals surface area contributed by atoms with Gasteiger partial charge in [-0.15, -0.1) is 0 Å². The van der Waals surface area contributed by atoms with Crippen LogP contribution in [0.1, 0.15) is 11.1 Å². The Labute approximate surface area is 136 Å². The van der Waals surface area contributed by atoms with Gasteiger partial charge >= 0.3 is 0 Å². The predicted octanol–water partition coefficient (Wildman–Crippen LogP) is 4.32. The molecule has 0 saturated carbocycles. The third-order valence-electron chi connectivity index (χ3n) is 2.75. The first kappa shape index (κ1) is 15.8. The molecule has 0 radical (unpaired) electrons. The number of rotatable bonds is 4. The molecule has 0 bridgehead atoms. The van der Waals surface area contributed by atoms with E-state index in [0.717, 1.165) is 5.56 Å². The molecule has 3 N–H and O–H groups in total. The van der Waals surface area contributed by atoms with Crippen LogP contribution >= 0.6 is 34.8 Å². The second-order valence-corrected chi connectivity index (χ2v) is 5.29. The average Bonchev–Trinajstić information content (AvgIpc) is 2.48. The Morgan fingerprint density at radius 3 is 2.48 bits per heavy atom. The molecule has 0 heterocycles. The monoisotopic (exact) mass is 344 g/mol. The van der Waals surface area contributed by atoms with Crippen LogP contribution in [0.2, 0.25) is 15.1 Å². The van der Waals surface area contributed by atoms with Crippen molar-refractivity contribution in [3.63, 3.8) is 0 Å².